The molecule has 0 unspecified atom stereocenters. The molecule has 1 aliphatic rings. The van der Waals surface area contributed by atoms with Crippen LogP contribution in [-0.4, -0.2) is 21.9 Å². The van der Waals surface area contributed by atoms with Gasteiger partial charge in [-0.3, -0.25) is 4.79 Å². The number of H-pyrrole nitrogens is 1. The zero-order valence-corrected chi connectivity index (χ0v) is 10.7. The second kappa shape index (κ2) is 4.48. The summed E-state index contributed by atoms with van der Waals surface area (Å²) >= 11 is 0. The molecule has 3 heterocycles. The van der Waals surface area contributed by atoms with E-state index in [4.69, 9.17) is 14.0 Å². The van der Waals surface area contributed by atoms with Gasteiger partial charge in [0.15, 0.2) is 11.5 Å². The summed E-state index contributed by atoms with van der Waals surface area (Å²) in [6.45, 7) is 0.216. The maximum atomic E-state index is 11.0. The summed E-state index contributed by atoms with van der Waals surface area (Å²) in [5.41, 5.74) is 1.22. The lowest BCUT2D eigenvalue weighted by Gasteiger charge is -1.97. The average Bonchev–Trinajstić information content (AvgIpc) is 3.16. The minimum absolute atomic E-state index is 0.186. The van der Waals surface area contributed by atoms with E-state index in [1.807, 2.05) is 6.07 Å². The van der Waals surface area contributed by atoms with Crippen LogP contribution in [0.4, 0.5) is 0 Å². The van der Waals surface area contributed by atoms with Gasteiger partial charge in [0.2, 0.25) is 18.2 Å². The number of aromatic nitrogens is 3. The highest BCUT2D eigenvalue weighted by Gasteiger charge is 2.17. The van der Waals surface area contributed by atoms with Crippen molar-refractivity contribution in [3.05, 3.63) is 46.9 Å². The smallest absolute Gasteiger partial charge is 0.259 e. The summed E-state index contributed by atoms with van der Waals surface area (Å²) in [5.74, 6) is 2.12. The number of pyridine rings is 1. The lowest BCUT2D eigenvalue weighted by Crippen LogP contribution is -2.01. The predicted molar refractivity (Wildman–Crippen MR) is 71.9 cm³/mol. The molecule has 0 atom stereocenters. The molecule has 0 radical (unpaired) electrons. The number of nitrogens with one attached hydrogen (secondary N) is 1. The highest BCUT2D eigenvalue weighted by Crippen LogP contribution is 2.35. The lowest BCUT2D eigenvalue weighted by molar-refractivity contribution is 0.174. The van der Waals surface area contributed by atoms with E-state index in [9.17, 15) is 4.79 Å². The summed E-state index contributed by atoms with van der Waals surface area (Å²) < 4.78 is 15.8. The van der Waals surface area contributed by atoms with Gasteiger partial charge in [0.1, 0.15) is 0 Å². The van der Waals surface area contributed by atoms with Crippen LogP contribution in [0.1, 0.15) is 0 Å². The monoisotopic (exact) mass is 283 g/mol. The molecule has 2 aromatic heterocycles. The van der Waals surface area contributed by atoms with Crippen LogP contribution < -0.4 is 15.0 Å². The highest BCUT2D eigenvalue weighted by atomic mass is 16.7. The SMILES string of the molecule is O=c1ccc(-c2nc(-c3ccc4c(c3)OCO4)no2)c[nH]1. The van der Waals surface area contributed by atoms with E-state index in [1.54, 1.807) is 18.2 Å². The first-order chi connectivity index (χ1) is 10.3. The second-order valence-corrected chi connectivity index (χ2v) is 4.43. The fourth-order valence-corrected chi connectivity index (χ4v) is 2.04. The standard InChI is InChI=1S/C14H9N3O4/c18-12-4-2-9(6-15-12)14-16-13(17-21-14)8-1-3-10-11(5-8)20-7-19-10/h1-6H,7H2,(H,15,18). The molecule has 0 spiro atoms. The molecule has 0 bridgehead atoms. The Balaban J connectivity index is 1.71. The van der Waals surface area contributed by atoms with Gasteiger partial charge in [-0.1, -0.05) is 5.16 Å². The van der Waals surface area contributed by atoms with Crippen molar-refractivity contribution in [2.75, 3.05) is 6.79 Å². The molecule has 7 heteroatoms. The van der Waals surface area contributed by atoms with E-state index in [0.717, 1.165) is 5.56 Å². The number of ether oxygens (including phenoxy) is 2. The van der Waals surface area contributed by atoms with Crippen LogP contribution in [-0.2, 0) is 0 Å². The van der Waals surface area contributed by atoms with Crippen molar-refractivity contribution < 1.29 is 14.0 Å². The topological polar surface area (TPSA) is 90.2 Å². The third kappa shape index (κ3) is 2.04. The fourth-order valence-electron chi connectivity index (χ4n) is 2.04. The predicted octanol–water partition coefficient (Wildman–Crippen LogP) is 1.82. The number of aromatic amines is 1. The summed E-state index contributed by atoms with van der Waals surface area (Å²) in [4.78, 5) is 17.9. The van der Waals surface area contributed by atoms with Crippen LogP contribution in [0.25, 0.3) is 22.8 Å². The Bertz CT molecular complexity index is 848. The van der Waals surface area contributed by atoms with Crippen molar-refractivity contribution in [1.29, 1.82) is 0 Å². The molecule has 0 aliphatic carbocycles. The molecule has 1 aromatic carbocycles. The summed E-state index contributed by atoms with van der Waals surface area (Å²) in [6, 6.07) is 8.45. The zero-order chi connectivity index (χ0) is 14.2. The Labute approximate surface area is 118 Å². The fraction of sp³-hybridized carbons (Fsp3) is 0.0714. The second-order valence-electron chi connectivity index (χ2n) is 4.43. The quantitative estimate of drug-likeness (QED) is 0.771. The molecule has 104 valence electrons. The maximum absolute atomic E-state index is 11.0. The van der Waals surface area contributed by atoms with Crippen LogP contribution >= 0.6 is 0 Å². The molecular weight excluding hydrogens is 274 g/mol. The normalized spacial score (nSPS) is 12.6. The van der Waals surface area contributed by atoms with Gasteiger partial charge in [0.25, 0.3) is 5.89 Å². The van der Waals surface area contributed by atoms with E-state index >= 15 is 0 Å². The van der Waals surface area contributed by atoms with Crippen LogP contribution in [0.3, 0.4) is 0 Å². The van der Waals surface area contributed by atoms with Gasteiger partial charge in [0, 0.05) is 17.8 Å². The zero-order valence-electron chi connectivity index (χ0n) is 10.7. The number of rotatable bonds is 2. The van der Waals surface area contributed by atoms with E-state index in [0.29, 0.717) is 28.8 Å². The van der Waals surface area contributed by atoms with Crippen molar-refractivity contribution in [2.24, 2.45) is 0 Å². The van der Waals surface area contributed by atoms with Crippen LogP contribution in [0.15, 0.2) is 45.8 Å². The van der Waals surface area contributed by atoms with E-state index < -0.39 is 0 Å². The van der Waals surface area contributed by atoms with Crippen molar-refractivity contribution in [3.63, 3.8) is 0 Å². The van der Waals surface area contributed by atoms with Gasteiger partial charge >= 0.3 is 0 Å². The third-order valence-corrected chi connectivity index (χ3v) is 3.09. The van der Waals surface area contributed by atoms with Crippen molar-refractivity contribution >= 4 is 0 Å². The molecule has 0 saturated heterocycles. The molecule has 3 aromatic rings. The van der Waals surface area contributed by atoms with Gasteiger partial charge in [-0.05, 0) is 24.3 Å². The summed E-state index contributed by atoms with van der Waals surface area (Å²) in [7, 11) is 0. The number of hydrogen-bond donors (Lipinski definition) is 1. The van der Waals surface area contributed by atoms with E-state index in [-0.39, 0.29) is 12.4 Å². The molecule has 21 heavy (non-hydrogen) atoms. The van der Waals surface area contributed by atoms with Crippen LogP contribution in [0.2, 0.25) is 0 Å². The Kier molecular flexibility index (Phi) is 2.50. The number of fused-ring (bicyclic) bond motifs is 1. The minimum Gasteiger partial charge on any atom is -0.454 e. The number of nitrogens with zero attached hydrogens (tertiary/aromatic N) is 2. The third-order valence-electron chi connectivity index (χ3n) is 3.09. The minimum atomic E-state index is -0.186. The van der Waals surface area contributed by atoms with Gasteiger partial charge < -0.3 is 19.0 Å². The Morgan fingerprint density at radius 3 is 2.76 bits per heavy atom. The maximum Gasteiger partial charge on any atom is 0.259 e. The van der Waals surface area contributed by atoms with Gasteiger partial charge in [-0.25, -0.2) is 0 Å². The molecule has 0 amide bonds. The molecule has 4 rings (SSSR count). The molecule has 1 N–H and O–H groups in total. The van der Waals surface area contributed by atoms with Crippen molar-refractivity contribution in [3.8, 4) is 34.3 Å². The molecule has 0 saturated carbocycles. The average molecular weight is 283 g/mol. The molecule has 1 aliphatic heterocycles. The summed E-state index contributed by atoms with van der Waals surface area (Å²) in [5, 5.41) is 3.94. The van der Waals surface area contributed by atoms with Gasteiger partial charge in [0.05, 0.1) is 5.56 Å². The van der Waals surface area contributed by atoms with Gasteiger partial charge in [-0.2, -0.15) is 4.98 Å². The van der Waals surface area contributed by atoms with Crippen LogP contribution in [0.5, 0.6) is 11.5 Å². The Morgan fingerprint density at radius 1 is 1.05 bits per heavy atom. The lowest BCUT2D eigenvalue weighted by atomic mass is 10.2. The Hall–Kier alpha value is -3.09. The first-order valence-electron chi connectivity index (χ1n) is 6.22. The van der Waals surface area contributed by atoms with Crippen molar-refractivity contribution in [2.45, 2.75) is 0 Å². The first kappa shape index (κ1) is 11.7. The molecule has 0 fully saturated rings. The van der Waals surface area contributed by atoms with E-state index in [1.165, 1.54) is 12.3 Å². The summed E-state index contributed by atoms with van der Waals surface area (Å²) in [6.07, 6.45) is 1.53. The van der Waals surface area contributed by atoms with Gasteiger partial charge in [-0.15, -0.1) is 0 Å². The number of benzene rings is 1. The van der Waals surface area contributed by atoms with E-state index in [2.05, 4.69) is 15.1 Å². The largest absolute Gasteiger partial charge is 0.454 e. The van der Waals surface area contributed by atoms with Crippen LogP contribution in [0, 0.1) is 0 Å². The first-order valence-corrected chi connectivity index (χ1v) is 6.22. The Morgan fingerprint density at radius 2 is 1.90 bits per heavy atom. The number of hydrogen-bond acceptors (Lipinski definition) is 6. The molecule has 7 nitrogen and oxygen atoms in total. The highest BCUT2D eigenvalue weighted by molar-refractivity contribution is 5.63. The van der Waals surface area contributed by atoms with Crippen molar-refractivity contribution in [1.82, 2.24) is 15.1 Å². The molecular formula is C14H9N3O4.